The van der Waals surface area contributed by atoms with E-state index in [1.807, 2.05) is 12.1 Å². The van der Waals surface area contributed by atoms with E-state index in [9.17, 15) is 0 Å². The van der Waals surface area contributed by atoms with Crippen LogP contribution in [0.5, 0.6) is 5.88 Å². The van der Waals surface area contributed by atoms with E-state index >= 15 is 0 Å². The topological polar surface area (TPSA) is 51.4 Å². The second-order valence-corrected chi connectivity index (χ2v) is 4.41. The second kappa shape index (κ2) is 4.70. The first-order valence-corrected chi connectivity index (χ1v) is 5.71. The zero-order valence-electron chi connectivity index (χ0n) is 9.89. The fourth-order valence-corrected chi connectivity index (χ4v) is 2.16. The summed E-state index contributed by atoms with van der Waals surface area (Å²) in [5.41, 5.74) is 7.11. The number of ether oxygens (including phenoxy) is 1. The molecule has 2 unspecified atom stereocenters. The fraction of sp³-hybridized carbons (Fsp3) is 0.583. The van der Waals surface area contributed by atoms with Crippen LogP contribution in [-0.2, 0) is 0 Å². The normalized spacial score (nSPS) is 22.2. The first kappa shape index (κ1) is 11.2. The lowest BCUT2D eigenvalue weighted by molar-refractivity contribution is 0.398. The Balaban J connectivity index is 2.08. The lowest BCUT2D eigenvalue weighted by Crippen LogP contribution is -2.29. The predicted molar refractivity (Wildman–Crippen MR) is 64.8 cm³/mol. The Morgan fingerprint density at radius 1 is 1.62 bits per heavy atom. The van der Waals surface area contributed by atoms with E-state index in [0.29, 0.717) is 11.8 Å². The molecule has 0 spiro atoms. The molecule has 16 heavy (non-hydrogen) atoms. The Kier molecular flexibility index (Phi) is 3.29. The van der Waals surface area contributed by atoms with E-state index in [4.69, 9.17) is 10.5 Å². The molecule has 1 aromatic rings. The number of hydrogen-bond acceptors (Lipinski definition) is 4. The van der Waals surface area contributed by atoms with Gasteiger partial charge in [-0.3, -0.25) is 0 Å². The Labute approximate surface area is 96.4 Å². The van der Waals surface area contributed by atoms with Gasteiger partial charge in [0.25, 0.3) is 0 Å². The molecule has 0 radical (unpaired) electrons. The number of hydrogen-bond donors (Lipinski definition) is 1. The minimum Gasteiger partial charge on any atom is -0.481 e. The number of nitrogens with two attached hydrogens (primary N) is 1. The number of anilines is 1. The maximum Gasteiger partial charge on any atom is 0.214 e. The van der Waals surface area contributed by atoms with Gasteiger partial charge in [0, 0.05) is 37.1 Å². The Hall–Kier alpha value is -1.29. The highest BCUT2D eigenvalue weighted by atomic mass is 16.5. The molecule has 0 saturated carbocycles. The second-order valence-electron chi connectivity index (χ2n) is 4.41. The van der Waals surface area contributed by atoms with Crippen molar-refractivity contribution in [3.8, 4) is 5.88 Å². The van der Waals surface area contributed by atoms with Gasteiger partial charge in [0.05, 0.1) is 7.11 Å². The highest BCUT2D eigenvalue weighted by Crippen LogP contribution is 2.26. The van der Waals surface area contributed by atoms with Gasteiger partial charge >= 0.3 is 0 Å². The smallest absolute Gasteiger partial charge is 0.214 e. The predicted octanol–water partition coefficient (Wildman–Crippen LogP) is 1.26. The summed E-state index contributed by atoms with van der Waals surface area (Å²) in [4.78, 5) is 6.46. The summed E-state index contributed by atoms with van der Waals surface area (Å²) in [6.07, 6.45) is 2.95. The molecule has 2 N–H and O–H groups in total. The van der Waals surface area contributed by atoms with Gasteiger partial charge < -0.3 is 15.4 Å². The minimum atomic E-state index is 0.272. The van der Waals surface area contributed by atoms with Crippen molar-refractivity contribution in [2.24, 2.45) is 11.7 Å². The van der Waals surface area contributed by atoms with E-state index in [1.54, 1.807) is 13.3 Å². The summed E-state index contributed by atoms with van der Waals surface area (Å²) in [6, 6.07) is 4.27. The van der Waals surface area contributed by atoms with Crippen molar-refractivity contribution in [3.05, 3.63) is 18.3 Å². The van der Waals surface area contributed by atoms with Crippen LogP contribution in [0.2, 0.25) is 0 Å². The van der Waals surface area contributed by atoms with Gasteiger partial charge in [0.1, 0.15) is 0 Å². The van der Waals surface area contributed by atoms with Gasteiger partial charge in [-0.1, -0.05) is 0 Å². The van der Waals surface area contributed by atoms with Gasteiger partial charge in [0.15, 0.2) is 0 Å². The van der Waals surface area contributed by atoms with Gasteiger partial charge in [-0.05, 0) is 25.3 Å². The highest BCUT2D eigenvalue weighted by Gasteiger charge is 2.25. The van der Waals surface area contributed by atoms with Crippen LogP contribution >= 0.6 is 0 Å². The van der Waals surface area contributed by atoms with Crippen LogP contribution in [0.3, 0.4) is 0 Å². The molecular weight excluding hydrogens is 202 g/mol. The van der Waals surface area contributed by atoms with E-state index in [1.165, 1.54) is 12.1 Å². The summed E-state index contributed by atoms with van der Waals surface area (Å²) in [6.45, 7) is 4.19. The summed E-state index contributed by atoms with van der Waals surface area (Å²) in [5.74, 6) is 1.26. The summed E-state index contributed by atoms with van der Waals surface area (Å²) < 4.78 is 5.13. The van der Waals surface area contributed by atoms with Crippen molar-refractivity contribution in [1.82, 2.24) is 4.98 Å². The first-order chi connectivity index (χ1) is 7.70. The van der Waals surface area contributed by atoms with Crippen LogP contribution in [0.1, 0.15) is 13.3 Å². The molecule has 1 aromatic heterocycles. The van der Waals surface area contributed by atoms with Crippen LogP contribution in [0.25, 0.3) is 0 Å². The SMILES string of the molecule is COc1cc(N2CCC(C(C)N)C2)ccn1. The quantitative estimate of drug-likeness (QED) is 0.835. The molecule has 1 saturated heterocycles. The average molecular weight is 221 g/mol. The van der Waals surface area contributed by atoms with E-state index in [-0.39, 0.29) is 6.04 Å². The zero-order chi connectivity index (χ0) is 11.5. The average Bonchev–Trinajstić information content (AvgIpc) is 2.78. The number of methoxy groups -OCH3 is 1. The Bertz CT molecular complexity index is 354. The standard InChI is InChI=1S/C12H19N3O/c1-9(13)10-4-6-15(8-10)11-3-5-14-12(7-11)16-2/h3,5,7,9-10H,4,6,8,13H2,1-2H3. The largest absolute Gasteiger partial charge is 0.481 e. The Morgan fingerprint density at radius 3 is 3.06 bits per heavy atom. The van der Waals surface area contributed by atoms with Crippen LogP contribution in [0.4, 0.5) is 5.69 Å². The van der Waals surface area contributed by atoms with Gasteiger partial charge in [-0.2, -0.15) is 0 Å². The third-order valence-electron chi connectivity index (χ3n) is 3.26. The molecule has 0 amide bonds. The molecule has 2 heterocycles. The molecule has 4 nitrogen and oxygen atoms in total. The van der Waals surface area contributed by atoms with Gasteiger partial charge in [-0.25, -0.2) is 4.98 Å². The van der Waals surface area contributed by atoms with Crippen molar-refractivity contribution >= 4 is 5.69 Å². The molecule has 88 valence electrons. The molecule has 4 heteroatoms. The lowest BCUT2D eigenvalue weighted by atomic mass is 10.0. The van der Waals surface area contributed by atoms with Crippen LogP contribution in [0, 0.1) is 5.92 Å². The molecule has 0 aliphatic carbocycles. The minimum absolute atomic E-state index is 0.272. The van der Waals surface area contributed by atoms with Crippen LogP contribution < -0.4 is 15.4 Å². The number of pyridine rings is 1. The van der Waals surface area contributed by atoms with Gasteiger partial charge in [-0.15, -0.1) is 0 Å². The first-order valence-electron chi connectivity index (χ1n) is 5.71. The number of nitrogens with zero attached hydrogens (tertiary/aromatic N) is 2. The summed E-state index contributed by atoms with van der Waals surface area (Å²) in [5, 5.41) is 0. The van der Waals surface area contributed by atoms with Gasteiger partial charge in [0.2, 0.25) is 5.88 Å². The third kappa shape index (κ3) is 2.27. The molecule has 0 bridgehead atoms. The summed E-state index contributed by atoms with van der Waals surface area (Å²) >= 11 is 0. The molecule has 1 aliphatic heterocycles. The van der Waals surface area contributed by atoms with Crippen LogP contribution in [-0.4, -0.2) is 31.2 Å². The van der Waals surface area contributed by atoms with Crippen molar-refractivity contribution < 1.29 is 4.74 Å². The van der Waals surface area contributed by atoms with Crippen molar-refractivity contribution in [3.63, 3.8) is 0 Å². The number of aromatic nitrogens is 1. The fourth-order valence-electron chi connectivity index (χ4n) is 2.16. The summed E-state index contributed by atoms with van der Waals surface area (Å²) in [7, 11) is 1.64. The molecule has 1 aliphatic rings. The number of rotatable bonds is 3. The van der Waals surface area contributed by atoms with Crippen molar-refractivity contribution in [2.75, 3.05) is 25.1 Å². The molecule has 2 atom stereocenters. The van der Waals surface area contributed by atoms with Crippen LogP contribution in [0.15, 0.2) is 18.3 Å². The van der Waals surface area contributed by atoms with E-state index < -0.39 is 0 Å². The lowest BCUT2D eigenvalue weighted by Gasteiger charge is -2.20. The molecular formula is C12H19N3O. The molecule has 2 rings (SSSR count). The maximum absolute atomic E-state index is 5.93. The Morgan fingerprint density at radius 2 is 2.44 bits per heavy atom. The third-order valence-corrected chi connectivity index (χ3v) is 3.26. The van der Waals surface area contributed by atoms with Crippen molar-refractivity contribution in [1.29, 1.82) is 0 Å². The maximum atomic E-state index is 5.93. The van der Waals surface area contributed by atoms with E-state index in [0.717, 1.165) is 13.1 Å². The van der Waals surface area contributed by atoms with E-state index in [2.05, 4.69) is 16.8 Å². The monoisotopic (exact) mass is 221 g/mol. The highest BCUT2D eigenvalue weighted by molar-refractivity contribution is 5.49. The van der Waals surface area contributed by atoms with Crippen molar-refractivity contribution in [2.45, 2.75) is 19.4 Å². The molecule has 1 fully saturated rings. The zero-order valence-corrected chi connectivity index (χ0v) is 9.89. The molecule has 0 aromatic carbocycles.